The Bertz CT molecular complexity index is 650. The normalized spacial score (nSPS) is 21.6. The van der Waals surface area contributed by atoms with E-state index in [9.17, 15) is 4.79 Å². The highest BCUT2D eigenvalue weighted by Crippen LogP contribution is 2.25. The van der Waals surface area contributed by atoms with Crippen molar-refractivity contribution in [2.45, 2.75) is 26.1 Å². The van der Waals surface area contributed by atoms with Crippen LogP contribution in [0.4, 0.5) is 5.69 Å². The number of morpholine rings is 1. The Balaban J connectivity index is 1.94. The van der Waals surface area contributed by atoms with Gasteiger partial charge in [0.15, 0.2) is 6.29 Å². The van der Waals surface area contributed by atoms with Gasteiger partial charge < -0.3 is 9.64 Å². The van der Waals surface area contributed by atoms with E-state index in [1.54, 1.807) is 12.4 Å². The summed E-state index contributed by atoms with van der Waals surface area (Å²) in [5.74, 6) is 0. The fourth-order valence-electron chi connectivity index (χ4n) is 2.87. The summed E-state index contributed by atoms with van der Waals surface area (Å²) in [6, 6.07) is 7.69. The molecule has 0 aromatic carbocycles. The van der Waals surface area contributed by atoms with Crippen molar-refractivity contribution in [3.63, 3.8) is 0 Å². The quantitative estimate of drug-likeness (QED) is 0.815. The third-order valence-corrected chi connectivity index (χ3v) is 3.73. The van der Waals surface area contributed by atoms with Gasteiger partial charge in [-0.15, -0.1) is 0 Å². The highest BCUT2D eigenvalue weighted by molar-refractivity contribution is 5.83. The van der Waals surface area contributed by atoms with Crippen LogP contribution in [0.3, 0.4) is 0 Å². The van der Waals surface area contributed by atoms with Crippen LogP contribution < -0.4 is 4.90 Å². The minimum absolute atomic E-state index is 0.140. The summed E-state index contributed by atoms with van der Waals surface area (Å²) in [4.78, 5) is 22.2. The molecule has 3 rings (SSSR count). The number of aromatic nitrogens is 2. The largest absolute Gasteiger partial charge is 0.372 e. The average molecular weight is 297 g/mol. The van der Waals surface area contributed by atoms with Crippen molar-refractivity contribution in [3.8, 4) is 11.3 Å². The van der Waals surface area contributed by atoms with Crippen LogP contribution in [0.1, 0.15) is 24.3 Å². The van der Waals surface area contributed by atoms with Crippen molar-refractivity contribution < 1.29 is 9.53 Å². The van der Waals surface area contributed by atoms with E-state index in [2.05, 4.69) is 14.9 Å². The number of anilines is 1. The topological polar surface area (TPSA) is 55.3 Å². The zero-order valence-electron chi connectivity index (χ0n) is 12.8. The summed E-state index contributed by atoms with van der Waals surface area (Å²) >= 11 is 0. The molecule has 1 fully saturated rings. The molecule has 1 aliphatic rings. The van der Waals surface area contributed by atoms with Gasteiger partial charge in [-0.3, -0.25) is 9.78 Å². The van der Waals surface area contributed by atoms with E-state index in [4.69, 9.17) is 4.74 Å². The van der Waals surface area contributed by atoms with Crippen LogP contribution in [0, 0.1) is 0 Å². The first-order valence-electron chi connectivity index (χ1n) is 7.44. The van der Waals surface area contributed by atoms with Crippen LogP contribution in [0.2, 0.25) is 0 Å². The van der Waals surface area contributed by atoms with Gasteiger partial charge in [-0.2, -0.15) is 0 Å². The third-order valence-electron chi connectivity index (χ3n) is 3.73. The minimum Gasteiger partial charge on any atom is -0.372 e. The lowest BCUT2D eigenvalue weighted by atomic mass is 10.1. The number of carbonyl (C=O) groups is 1. The van der Waals surface area contributed by atoms with Gasteiger partial charge in [-0.05, 0) is 38.1 Å². The predicted octanol–water partition coefficient (Wildman–Crippen LogP) is 2.57. The number of nitrogens with zero attached hydrogens (tertiary/aromatic N) is 3. The van der Waals surface area contributed by atoms with Crippen molar-refractivity contribution in [3.05, 3.63) is 42.4 Å². The second kappa shape index (κ2) is 6.23. The summed E-state index contributed by atoms with van der Waals surface area (Å²) in [5.41, 5.74) is 2.99. The standard InChI is InChI=1S/C17H19N3O2/c1-12-9-20(10-13(2)22-12)17-6-5-15(19-16(17)11-21)14-4-3-7-18-8-14/h3-8,11-13H,9-10H2,1-2H3/t12-,13+. The molecule has 5 heteroatoms. The Morgan fingerprint density at radius 3 is 2.64 bits per heavy atom. The molecule has 2 atom stereocenters. The molecule has 114 valence electrons. The molecule has 2 aromatic heterocycles. The smallest absolute Gasteiger partial charge is 0.170 e. The molecular weight excluding hydrogens is 278 g/mol. The maximum absolute atomic E-state index is 11.5. The monoisotopic (exact) mass is 297 g/mol. The number of rotatable bonds is 3. The lowest BCUT2D eigenvalue weighted by molar-refractivity contribution is -0.00527. The third kappa shape index (κ3) is 2.99. The van der Waals surface area contributed by atoms with Crippen LogP contribution in [0.5, 0.6) is 0 Å². The summed E-state index contributed by atoms with van der Waals surface area (Å²) in [6.07, 6.45) is 4.56. The zero-order valence-corrected chi connectivity index (χ0v) is 12.8. The number of aldehydes is 1. The van der Waals surface area contributed by atoms with E-state index in [1.165, 1.54) is 0 Å². The average Bonchev–Trinajstić information content (AvgIpc) is 2.54. The van der Waals surface area contributed by atoms with Crippen molar-refractivity contribution >= 4 is 12.0 Å². The fraction of sp³-hybridized carbons (Fsp3) is 0.353. The molecule has 0 unspecified atom stereocenters. The summed E-state index contributed by atoms with van der Waals surface area (Å²) < 4.78 is 5.75. The van der Waals surface area contributed by atoms with E-state index < -0.39 is 0 Å². The highest BCUT2D eigenvalue weighted by Gasteiger charge is 2.24. The number of ether oxygens (including phenoxy) is 1. The first-order chi connectivity index (χ1) is 10.7. The van der Waals surface area contributed by atoms with Crippen molar-refractivity contribution in [2.24, 2.45) is 0 Å². The van der Waals surface area contributed by atoms with Crippen LogP contribution >= 0.6 is 0 Å². The van der Waals surface area contributed by atoms with Crippen molar-refractivity contribution in [1.29, 1.82) is 0 Å². The Morgan fingerprint density at radius 2 is 2.00 bits per heavy atom. The van der Waals surface area contributed by atoms with E-state index in [-0.39, 0.29) is 12.2 Å². The summed E-state index contributed by atoms with van der Waals surface area (Å²) in [6.45, 7) is 5.61. The molecular formula is C17H19N3O2. The molecule has 5 nitrogen and oxygen atoms in total. The fourth-order valence-corrected chi connectivity index (χ4v) is 2.87. The van der Waals surface area contributed by atoms with Crippen molar-refractivity contribution in [2.75, 3.05) is 18.0 Å². The minimum atomic E-state index is 0.140. The number of hydrogen-bond donors (Lipinski definition) is 0. The number of hydrogen-bond acceptors (Lipinski definition) is 5. The number of pyridine rings is 2. The first-order valence-corrected chi connectivity index (χ1v) is 7.44. The molecule has 0 spiro atoms. The zero-order chi connectivity index (χ0) is 15.5. The van der Waals surface area contributed by atoms with Crippen molar-refractivity contribution in [1.82, 2.24) is 9.97 Å². The maximum atomic E-state index is 11.5. The Labute approximate surface area is 130 Å². The second-order valence-electron chi connectivity index (χ2n) is 5.62. The van der Waals surface area contributed by atoms with Crippen LogP contribution in [0.15, 0.2) is 36.7 Å². The maximum Gasteiger partial charge on any atom is 0.170 e. The first kappa shape index (κ1) is 14.7. The lowest BCUT2D eigenvalue weighted by Crippen LogP contribution is -2.45. The second-order valence-corrected chi connectivity index (χ2v) is 5.62. The van der Waals surface area contributed by atoms with E-state index in [1.807, 2.05) is 38.1 Å². The lowest BCUT2D eigenvalue weighted by Gasteiger charge is -2.37. The summed E-state index contributed by atoms with van der Waals surface area (Å²) in [7, 11) is 0. The molecule has 1 aliphatic heterocycles. The molecule has 0 bridgehead atoms. The Hall–Kier alpha value is -2.27. The van der Waals surface area contributed by atoms with Crippen LogP contribution in [-0.2, 0) is 4.74 Å². The molecule has 0 radical (unpaired) electrons. The van der Waals surface area contributed by atoms with Gasteiger partial charge in [0, 0.05) is 31.0 Å². The van der Waals surface area contributed by atoms with Gasteiger partial charge >= 0.3 is 0 Å². The number of carbonyl (C=O) groups excluding carboxylic acids is 1. The Morgan fingerprint density at radius 1 is 1.23 bits per heavy atom. The van der Waals surface area contributed by atoms with Crippen LogP contribution in [0.25, 0.3) is 11.3 Å². The SMILES string of the molecule is C[C@@H]1CN(c2ccc(-c3cccnc3)nc2C=O)C[C@H](C)O1. The van der Waals surface area contributed by atoms with Gasteiger partial charge in [0.05, 0.1) is 23.6 Å². The Kier molecular flexibility index (Phi) is 4.15. The van der Waals surface area contributed by atoms with Gasteiger partial charge in [0.1, 0.15) is 5.69 Å². The van der Waals surface area contributed by atoms with Gasteiger partial charge in [0.2, 0.25) is 0 Å². The van der Waals surface area contributed by atoms with Gasteiger partial charge in [-0.1, -0.05) is 0 Å². The molecule has 0 aliphatic carbocycles. The molecule has 3 heterocycles. The molecule has 0 saturated carbocycles. The molecule has 22 heavy (non-hydrogen) atoms. The van der Waals surface area contributed by atoms with Crippen LogP contribution in [-0.4, -0.2) is 41.6 Å². The van der Waals surface area contributed by atoms with Gasteiger partial charge in [0.25, 0.3) is 0 Å². The molecule has 2 aromatic rings. The molecule has 0 N–H and O–H groups in total. The predicted molar refractivity (Wildman–Crippen MR) is 85.1 cm³/mol. The highest BCUT2D eigenvalue weighted by atomic mass is 16.5. The molecule has 0 amide bonds. The molecule has 1 saturated heterocycles. The van der Waals surface area contributed by atoms with E-state index >= 15 is 0 Å². The van der Waals surface area contributed by atoms with E-state index in [0.29, 0.717) is 5.69 Å². The summed E-state index contributed by atoms with van der Waals surface area (Å²) in [5, 5.41) is 0. The van der Waals surface area contributed by atoms with Gasteiger partial charge in [-0.25, -0.2) is 4.98 Å². The van der Waals surface area contributed by atoms with E-state index in [0.717, 1.165) is 36.3 Å².